The molecule has 0 fully saturated rings. The number of halogens is 2. The number of aliphatic hydroxyl groups is 1. The van der Waals surface area contributed by atoms with E-state index >= 15 is 0 Å². The van der Waals surface area contributed by atoms with Crippen LogP contribution >= 0.6 is 0 Å². The van der Waals surface area contributed by atoms with Gasteiger partial charge in [0.15, 0.2) is 0 Å². The summed E-state index contributed by atoms with van der Waals surface area (Å²) >= 11 is 0. The van der Waals surface area contributed by atoms with Crippen molar-refractivity contribution in [2.75, 3.05) is 11.9 Å². The number of benzene rings is 1. The first-order valence-corrected chi connectivity index (χ1v) is 6.59. The lowest BCUT2D eigenvalue weighted by atomic mass is 10.0. The van der Waals surface area contributed by atoms with E-state index in [-0.39, 0.29) is 18.0 Å². The molecule has 0 saturated heterocycles. The van der Waals surface area contributed by atoms with Crippen LogP contribution in [0.4, 0.5) is 14.5 Å². The molecule has 8 heteroatoms. The van der Waals surface area contributed by atoms with E-state index in [0.29, 0.717) is 6.07 Å². The van der Waals surface area contributed by atoms with Gasteiger partial charge in [-0.1, -0.05) is 0 Å². The van der Waals surface area contributed by atoms with E-state index < -0.39 is 29.0 Å². The molecule has 2 rings (SSSR count). The fourth-order valence-corrected chi connectivity index (χ4v) is 1.82. The van der Waals surface area contributed by atoms with Crippen LogP contribution in [-0.2, 0) is 15.2 Å². The number of amides is 2. The fraction of sp³-hybridized carbons (Fsp3) is 0.200. The zero-order chi connectivity index (χ0) is 17.0. The molecule has 0 aliphatic rings. The Hall–Kier alpha value is -2.74. The van der Waals surface area contributed by atoms with Gasteiger partial charge in [-0.2, -0.15) is 0 Å². The van der Waals surface area contributed by atoms with Crippen LogP contribution in [0.5, 0.6) is 0 Å². The second kappa shape index (κ2) is 6.57. The third kappa shape index (κ3) is 4.36. The lowest BCUT2D eigenvalue weighted by molar-refractivity contribution is -0.136. The number of carbonyl (C=O) groups excluding carboxylic acids is 2. The molecule has 0 bridgehead atoms. The van der Waals surface area contributed by atoms with Gasteiger partial charge in [0.1, 0.15) is 23.0 Å². The van der Waals surface area contributed by atoms with E-state index in [0.717, 1.165) is 12.1 Å². The Morgan fingerprint density at radius 1 is 1.22 bits per heavy atom. The zero-order valence-corrected chi connectivity index (χ0v) is 12.1. The first kappa shape index (κ1) is 16.6. The summed E-state index contributed by atoms with van der Waals surface area (Å²) in [6, 6.07) is 5.45. The molecule has 23 heavy (non-hydrogen) atoms. The molecular formula is C15H14F2N2O4. The fourth-order valence-electron chi connectivity index (χ4n) is 1.82. The van der Waals surface area contributed by atoms with E-state index in [1.807, 2.05) is 0 Å². The summed E-state index contributed by atoms with van der Waals surface area (Å²) in [4.78, 5) is 23.3. The monoisotopic (exact) mass is 324 g/mol. The molecule has 122 valence electrons. The predicted molar refractivity (Wildman–Crippen MR) is 76.3 cm³/mol. The van der Waals surface area contributed by atoms with Crippen molar-refractivity contribution in [3.8, 4) is 0 Å². The van der Waals surface area contributed by atoms with Gasteiger partial charge in [0.25, 0.3) is 0 Å². The minimum Gasteiger partial charge on any atom is -0.466 e. The quantitative estimate of drug-likeness (QED) is 0.744. The molecule has 2 amide bonds. The van der Waals surface area contributed by atoms with Crippen LogP contribution in [-0.4, -0.2) is 23.5 Å². The maximum Gasteiger partial charge on any atom is 0.313 e. The predicted octanol–water partition coefficient (Wildman–Crippen LogP) is 1.52. The molecule has 3 N–H and O–H groups in total. The summed E-state index contributed by atoms with van der Waals surface area (Å²) in [7, 11) is 0. The summed E-state index contributed by atoms with van der Waals surface area (Å²) in [5, 5.41) is 14.4. The number of anilines is 1. The highest BCUT2D eigenvalue weighted by atomic mass is 19.1. The van der Waals surface area contributed by atoms with Gasteiger partial charge in [-0.25, -0.2) is 8.78 Å². The highest BCUT2D eigenvalue weighted by Crippen LogP contribution is 2.19. The second-order valence-corrected chi connectivity index (χ2v) is 5.05. The molecular weight excluding hydrogens is 310 g/mol. The highest BCUT2D eigenvalue weighted by Gasteiger charge is 2.28. The number of rotatable bonds is 4. The maximum absolute atomic E-state index is 13.0. The van der Waals surface area contributed by atoms with Crippen LogP contribution in [0.15, 0.2) is 41.0 Å². The Morgan fingerprint density at radius 2 is 1.87 bits per heavy atom. The number of nitrogens with one attached hydrogen (secondary N) is 2. The van der Waals surface area contributed by atoms with Crippen LogP contribution in [0.1, 0.15) is 12.7 Å². The SMILES string of the molecule is CC(O)(CNC(=O)C(=O)Nc1cc(F)cc(F)c1)c1ccco1. The third-order valence-electron chi connectivity index (χ3n) is 2.97. The summed E-state index contributed by atoms with van der Waals surface area (Å²) < 4.78 is 31.0. The molecule has 1 unspecified atom stereocenters. The van der Waals surface area contributed by atoms with Gasteiger partial charge in [0.05, 0.1) is 12.8 Å². The second-order valence-electron chi connectivity index (χ2n) is 5.05. The molecule has 1 heterocycles. The van der Waals surface area contributed by atoms with Gasteiger partial charge in [-0.3, -0.25) is 9.59 Å². The maximum atomic E-state index is 13.0. The van der Waals surface area contributed by atoms with Crippen molar-refractivity contribution in [1.29, 1.82) is 0 Å². The number of hydrogen-bond acceptors (Lipinski definition) is 4. The van der Waals surface area contributed by atoms with Crippen LogP contribution < -0.4 is 10.6 Å². The lowest BCUT2D eigenvalue weighted by Crippen LogP contribution is -2.43. The summed E-state index contributed by atoms with van der Waals surface area (Å²) in [5.41, 5.74) is -1.70. The molecule has 0 aliphatic carbocycles. The largest absolute Gasteiger partial charge is 0.466 e. The average molecular weight is 324 g/mol. The smallest absolute Gasteiger partial charge is 0.313 e. The average Bonchev–Trinajstić information content (AvgIpc) is 2.98. The third-order valence-corrected chi connectivity index (χ3v) is 2.97. The van der Waals surface area contributed by atoms with Crippen molar-refractivity contribution in [3.63, 3.8) is 0 Å². The Labute approximate surface area is 130 Å². The van der Waals surface area contributed by atoms with Crippen molar-refractivity contribution in [1.82, 2.24) is 5.32 Å². The minimum atomic E-state index is -1.51. The number of hydrogen-bond donors (Lipinski definition) is 3. The van der Waals surface area contributed by atoms with Crippen molar-refractivity contribution in [3.05, 3.63) is 54.0 Å². The first-order valence-electron chi connectivity index (χ1n) is 6.59. The molecule has 6 nitrogen and oxygen atoms in total. The molecule has 1 aromatic carbocycles. The van der Waals surface area contributed by atoms with Crippen molar-refractivity contribution in [2.24, 2.45) is 0 Å². The van der Waals surface area contributed by atoms with Crippen molar-refractivity contribution >= 4 is 17.5 Å². The van der Waals surface area contributed by atoms with Gasteiger partial charge >= 0.3 is 11.8 Å². The van der Waals surface area contributed by atoms with E-state index in [9.17, 15) is 23.5 Å². The normalized spacial score (nSPS) is 13.2. The standard InChI is InChI=1S/C15H14F2N2O4/c1-15(22,12-3-2-4-23-12)8-18-13(20)14(21)19-11-6-9(16)5-10(17)7-11/h2-7,22H,8H2,1H3,(H,18,20)(H,19,21). The molecule has 2 aromatic rings. The highest BCUT2D eigenvalue weighted by molar-refractivity contribution is 6.39. The van der Waals surface area contributed by atoms with Crippen LogP contribution in [0, 0.1) is 11.6 Å². The van der Waals surface area contributed by atoms with Gasteiger partial charge in [-0.15, -0.1) is 0 Å². The summed E-state index contributed by atoms with van der Waals surface area (Å²) in [5.74, 6) is -3.75. The molecule has 0 spiro atoms. The zero-order valence-electron chi connectivity index (χ0n) is 12.1. The van der Waals surface area contributed by atoms with Gasteiger partial charge in [0, 0.05) is 11.8 Å². The lowest BCUT2D eigenvalue weighted by Gasteiger charge is -2.20. The van der Waals surface area contributed by atoms with Gasteiger partial charge < -0.3 is 20.2 Å². The Morgan fingerprint density at radius 3 is 2.43 bits per heavy atom. The molecule has 0 aliphatic heterocycles. The van der Waals surface area contributed by atoms with Gasteiger partial charge in [-0.05, 0) is 31.2 Å². The Bertz CT molecular complexity index is 694. The van der Waals surface area contributed by atoms with E-state index in [2.05, 4.69) is 10.6 Å². The number of furan rings is 1. The van der Waals surface area contributed by atoms with Crippen molar-refractivity contribution in [2.45, 2.75) is 12.5 Å². The summed E-state index contributed by atoms with van der Waals surface area (Å²) in [6.07, 6.45) is 1.36. The van der Waals surface area contributed by atoms with Crippen molar-refractivity contribution < 1.29 is 27.9 Å². The topological polar surface area (TPSA) is 91.6 Å². The van der Waals surface area contributed by atoms with E-state index in [1.165, 1.54) is 19.3 Å². The first-order chi connectivity index (χ1) is 10.8. The Kier molecular flexibility index (Phi) is 4.75. The molecule has 0 radical (unpaired) electrons. The van der Waals surface area contributed by atoms with E-state index in [1.54, 1.807) is 6.07 Å². The van der Waals surface area contributed by atoms with Crippen LogP contribution in [0.2, 0.25) is 0 Å². The van der Waals surface area contributed by atoms with Crippen LogP contribution in [0.25, 0.3) is 0 Å². The number of carbonyl (C=O) groups is 2. The van der Waals surface area contributed by atoms with E-state index in [4.69, 9.17) is 4.42 Å². The van der Waals surface area contributed by atoms with Crippen LogP contribution in [0.3, 0.4) is 0 Å². The molecule has 1 atom stereocenters. The summed E-state index contributed by atoms with van der Waals surface area (Å²) in [6.45, 7) is 1.11. The molecule has 1 aromatic heterocycles. The molecule has 0 saturated carbocycles. The Balaban J connectivity index is 1.94. The van der Waals surface area contributed by atoms with Gasteiger partial charge in [0.2, 0.25) is 0 Å². The minimum absolute atomic E-state index is 0.194.